The first-order valence-corrected chi connectivity index (χ1v) is 9.78. The molecule has 25 heavy (non-hydrogen) atoms. The molecule has 3 rings (SSSR count). The summed E-state index contributed by atoms with van der Waals surface area (Å²) in [5.74, 6) is 0.923. The number of aryl methyl sites for hydroxylation is 1. The smallest absolute Gasteiger partial charge is 0.124 e. The molecule has 0 amide bonds. The van der Waals surface area contributed by atoms with Crippen LogP contribution >= 0.6 is 11.6 Å². The van der Waals surface area contributed by atoms with Crippen LogP contribution in [0, 0.1) is 6.92 Å². The fraction of sp³-hybridized carbons (Fsp3) is 0.455. The van der Waals surface area contributed by atoms with Crippen molar-refractivity contribution in [2.24, 2.45) is 0 Å². The van der Waals surface area contributed by atoms with E-state index in [4.69, 9.17) is 16.3 Å². The maximum Gasteiger partial charge on any atom is 0.124 e. The van der Waals surface area contributed by atoms with E-state index in [0.29, 0.717) is 12.6 Å². The largest absolute Gasteiger partial charge is 0.489 e. The van der Waals surface area contributed by atoms with Gasteiger partial charge in [0.15, 0.2) is 0 Å². The van der Waals surface area contributed by atoms with Gasteiger partial charge >= 0.3 is 0 Å². The molecular weight excluding hydrogens is 330 g/mol. The lowest BCUT2D eigenvalue weighted by Crippen LogP contribution is -2.28. The monoisotopic (exact) mass is 357 g/mol. The minimum atomic E-state index is 0.583. The second kappa shape index (κ2) is 9.26. The number of hydrogen-bond donors (Lipinski definition) is 1. The molecule has 2 aromatic rings. The molecule has 2 nitrogen and oxygen atoms in total. The number of ether oxygens (including phenoxy) is 1. The lowest BCUT2D eigenvalue weighted by Gasteiger charge is -2.18. The second-order valence-corrected chi connectivity index (χ2v) is 7.54. The van der Waals surface area contributed by atoms with Gasteiger partial charge in [0, 0.05) is 23.2 Å². The first kappa shape index (κ1) is 18.3. The number of nitrogens with one attached hydrogen (secondary N) is 1. The molecule has 0 spiro atoms. The Morgan fingerprint density at radius 3 is 2.60 bits per heavy atom. The molecule has 0 heterocycles. The third-order valence-electron chi connectivity index (χ3n) is 4.94. The molecule has 0 atom stereocenters. The summed E-state index contributed by atoms with van der Waals surface area (Å²) in [6, 6.07) is 15.0. The minimum Gasteiger partial charge on any atom is -0.489 e. The molecule has 1 N–H and O–H groups in total. The lowest BCUT2D eigenvalue weighted by molar-refractivity contribution is 0.301. The fourth-order valence-corrected chi connectivity index (χ4v) is 3.72. The van der Waals surface area contributed by atoms with Gasteiger partial charge in [-0.3, -0.25) is 0 Å². The standard InChI is InChI=1S/C22H28ClNO/c1-17-7-6-8-18(13-17)16-25-22-12-11-20(23)14-19(22)15-24-21-9-4-2-3-5-10-21/h6-8,11-14,21,24H,2-5,9-10,15-16H2,1H3. The van der Waals surface area contributed by atoms with Crippen LogP contribution in [0.2, 0.25) is 5.02 Å². The van der Waals surface area contributed by atoms with E-state index in [1.807, 2.05) is 18.2 Å². The first-order chi connectivity index (χ1) is 12.2. The Morgan fingerprint density at radius 2 is 1.84 bits per heavy atom. The minimum absolute atomic E-state index is 0.583. The molecule has 134 valence electrons. The molecule has 0 radical (unpaired) electrons. The highest BCUT2D eigenvalue weighted by atomic mass is 35.5. The van der Waals surface area contributed by atoms with Crippen molar-refractivity contribution in [1.82, 2.24) is 5.32 Å². The molecule has 1 aliphatic carbocycles. The van der Waals surface area contributed by atoms with Gasteiger partial charge in [-0.2, -0.15) is 0 Å². The summed E-state index contributed by atoms with van der Waals surface area (Å²) in [7, 11) is 0. The van der Waals surface area contributed by atoms with Gasteiger partial charge in [-0.25, -0.2) is 0 Å². The van der Waals surface area contributed by atoms with Crippen LogP contribution in [-0.4, -0.2) is 6.04 Å². The van der Waals surface area contributed by atoms with E-state index in [1.54, 1.807) is 0 Å². The summed E-state index contributed by atoms with van der Waals surface area (Å²) >= 11 is 6.22. The van der Waals surface area contributed by atoms with E-state index < -0.39 is 0 Å². The Bertz CT molecular complexity index is 677. The van der Waals surface area contributed by atoms with Crippen LogP contribution in [0.4, 0.5) is 0 Å². The summed E-state index contributed by atoms with van der Waals surface area (Å²) in [4.78, 5) is 0. The zero-order chi connectivity index (χ0) is 17.5. The number of rotatable bonds is 6. The van der Waals surface area contributed by atoms with Crippen molar-refractivity contribution in [3.8, 4) is 5.75 Å². The van der Waals surface area contributed by atoms with Crippen LogP contribution in [0.3, 0.4) is 0 Å². The average Bonchev–Trinajstić information content (AvgIpc) is 2.88. The molecule has 0 unspecified atom stereocenters. The molecule has 1 aliphatic rings. The van der Waals surface area contributed by atoms with Gasteiger partial charge in [-0.15, -0.1) is 0 Å². The number of halogens is 1. The van der Waals surface area contributed by atoms with Crippen LogP contribution in [0.1, 0.15) is 55.2 Å². The second-order valence-electron chi connectivity index (χ2n) is 7.10. The van der Waals surface area contributed by atoms with Crippen molar-refractivity contribution in [3.05, 3.63) is 64.2 Å². The van der Waals surface area contributed by atoms with Crippen molar-refractivity contribution >= 4 is 11.6 Å². The summed E-state index contributed by atoms with van der Waals surface area (Å²) in [6.07, 6.45) is 7.98. The zero-order valence-electron chi connectivity index (χ0n) is 15.1. The quantitative estimate of drug-likeness (QED) is 0.636. The Labute approximate surface area is 156 Å². The maximum atomic E-state index is 6.22. The van der Waals surface area contributed by atoms with Gasteiger partial charge in [0.05, 0.1) is 0 Å². The Kier molecular flexibility index (Phi) is 6.77. The van der Waals surface area contributed by atoms with Gasteiger partial charge in [0.25, 0.3) is 0 Å². The van der Waals surface area contributed by atoms with E-state index in [9.17, 15) is 0 Å². The highest BCUT2D eigenvalue weighted by Crippen LogP contribution is 2.25. The normalized spacial score (nSPS) is 15.8. The molecule has 2 aromatic carbocycles. The van der Waals surface area contributed by atoms with Gasteiger partial charge in [-0.1, -0.05) is 67.1 Å². The average molecular weight is 358 g/mol. The van der Waals surface area contributed by atoms with Crippen molar-refractivity contribution in [3.63, 3.8) is 0 Å². The van der Waals surface area contributed by atoms with Crippen LogP contribution < -0.4 is 10.1 Å². The topological polar surface area (TPSA) is 21.3 Å². The Morgan fingerprint density at radius 1 is 1.04 bits per heavy atom. The highest BCUT2D eigenvalue weighted by molar-refractivity contribution is 6.30. The number of hydrogen-bond acceptors (Lipinski definition) is 2. The summed E-state index contributed by atoms with van der Waals surface area (Å²) in [6.45, 7) is 3.50. The number of benzene rings is 2. The van der Waals surface area contributed by atoms with Crippen molar-refractivity contribution in [2.75, 3.05) is 0 Å². The van der Waals surface area contributed by atoms with Gasteiger partial charge in [0.2, 0.25) is 0 Å². The third kappa shape index (κ3) is 5.76. The van der Waals surface area contributed by atoms with Crippen molar-refractivity contribution in [2.45, 2.75) is 64.6 Å². The zero-order valence-corrected chi connectivity index (χ0v) is 15.8. The van der Waals surface area contributed by atoms with Crippen molar-refractivity contribution in [1.29, 1.82) is 0 Å². The molecule has 0 bridgehead atoms. The fourth-order valence-electron chi connectivity index (χ4n) is 3.53. The third-order valence-corrected chi connectivity index (χ3v) is 5.17. The SMILES string of the molecule is Cc1cccc(COc2ccc(Cl)cc2CNC2CCCCCC2)c1. The first-order valence-electron chi connectivity index (χ1n) is 9.41. The summed E-state index contributed by atoms with van der Waals surface area (Å²) in [5, 5.41) is 4.48. The van der Waals surface area contributed by atoms with E-state index in [2.05, 4.69) is 36.5 Å². The molecule has 0 aliphatic heterocycles. The molecule has 3 heteroatoms. The maximum absolute atomic E-state index is 6.22. The van der Waals surface area contributed by atoms with Crippen LogP contribution in [0.25, 0.3) is 0 Å². The predicted molar refractivity (Wildman–Crippen MR) is 105 cm³/mol. The van der Waals surface area contributed by atoms with Gasteiger partial charge in [-0.05, 0) is 43.5 Å². The van der Waals surface area contributed by atoms with E-state index in [-0.39, 0.29) is 0 Å². The predicted octanol–water partition coefficient (Wildman–Crippen LogP) is 6.04. The highest BCUT2D eigenvalue weighted by Gasteiger charge is 2.13. The van der Waals surface area contributed by atoms with Crippen LogP contribution in [-0.2, 0) is 13.2 Å². The van der Waals surface area contributed by atoms with Gasteiger partial charge in [0.1, 0.15) is 12.4 Å². The Balaban J connectivity index is 1.63. The Hall–Kier alpha value is -1.51. The molecule has 1 fully saturated rings. The van der Waals surface area contributed by atoms with Gasteiger partial charge < -0.3 is 10.1 Å². The molecule has 0 aromatic heterocycles. The van der Waals surface area contributed by atoms with Crippen LogP contribution in [0.5, 0.6) is 5.75 Å². The van der Waals surface area contributed by atoms with Crippen LogP contribution in [0.15, 0.2) is 42.5 Å². The molecular formula is C22H28ClNO. The lowest BCUT2D eigenvalue weighted by atomic mass is 10.1. The van der Waals surface area contributed by atoms with E-state index in [0.717, 1.165) is 22.9 Å². The summed E-state index contributed by atoms with van der Waals surface area (Å²) < 4.78 is 6.10. The summed E-state index contributed by atoms with van der Waals surface area (Å²) in [5.41, 5.74) is 3.59. The molecule has 0 saturated heterocycles. The van der Waals surface area contributed by atoms with E-state index >= 15 is 0 Å². The van der Waals surface area contributed by atoms with E-state index in [1.165, 1.54) is 49.7 Å². The molecule has 1 saturated carbocycles. The van der Waals surface area contributed by atoms with Crippen molar-refractivity contribution < 1.29 is 4.74 Å².